The highest BCUT2D eigenvalue weighted by molar-refractivity contribution is 6.01. The molecule has 2 amide bonds. The Balaban J connectivity index is 1.65. The molecule has 7 nitrogen and oxygen atoms in total. The molecule has 0 bridgehead atoms. The lowest BCUT2D eigenvalue weighted by Gasteiger charge is -2.08. The summed E-state index contributed by atoms with van der Waals surface area (Å²) in [7, 11) is 0. The Hall–Kier alpha value is -3.48. The van der Waals surface area contributed by atoms with E-state index in [0.717, 1.165) is 5.56 Å². The second-order valence-corrected chi connectivity index (χ2v) is 5.43. The molecule has 2 aromatic carbocycles. The van der Waals surface area contributed by atoms with Gasteiger partial charge in [0.15, 0.2) is 5.78 Å². The van der Waals surface area contributed by atoms with Gasteiger partial charge in [0.25, 0.3) is 0 Å². The predicted molar refractivity (Wildman–Crippen MR) is 93.6 cm³/mol. The van der Waals surface area contributed by atoms with Crippen LogP contribution in [0.25, 0.3) is 11.4 Å². The van der Waals surface area contributed by atoms with E-state index < -0.39 is 6.03 Å². The quantitative estimate of drug-likeness (QED) is 0.704. The second-order valence-electron chi connectivity index (χ2n) is 5.43. The molecule has 0 aliphatic carbocycles. The number of carbonyl (C=O) groups excluding carboxylic acids is 2. The maximum absolute atomic E-state index is 12.1. The van der Waals surface area contributed by atoms with Crippen LogP contribution in [0.5, 0.6) is 0 Å². The van der Waals surface area contributed by atoms with Gasteiger partial charge < -0.3 is 15.2 Å². The summed E-state index contributed by atoms with van der Waals surface area (Å²) in [5, 5.41) is 9.26. The fourth-order valence-corrected chi connectivity index (χ4v) is 2.23. The molecule has 0 radical (unpaired) electrons. The van der Waals surface area contributed by atoms with Crippen molar-refractivity contribution in [3.05, 3.63) is 60.0 Å². The van der Waals surface area contributed by atoms with Gasteiger partial charge in [0.05, 0.1) is 0 Å². The summed E-state index contributed by atoms with van der Waals surface area (Å²) in [4.78, 5) is 27.6. The molecule has 0 aliphatic rings. The van der Waals surface area contributed by atoms with Crippen LogP contribution < -0.4 is 10.6 Å². The zero-order valence-electron chi connectivity index (χ0n) is 13.7. The van der Waals surface area contributed by atoms with Crippen molar-refractivity contribution in [3.8, 4) is 11.4 Å². The van der Waals surface area contributed by atoms with Crippen molar-refractivity contribution in [3.63, 3.8) is 0 Å². The van der Waals surface area contributed by atoms with E-state index in [9.17, 15) is 9.59 Å². The number of urea groups is 1. The molecule has 25 heavy (non-hydrogen) atoms. The van der Waals surface area contributed by atoms with Crippen LogP contribution in [0.15, 0.2) is 53.1 Å². The molecule has 0 saturated heterocycles. The molecule has 0 fully saturated rings. The SMILES string of the molecule is CC(=O)c1cccc(NC(=O)Nc2ccc(-c3noc(C)n3)cc2)c1. The number of nitrogens with zero attached hydrogens (tertiary/aromatic N) is 2. The van der Waals surface area contributed by atoms with Gasteiger partial charge in [-0.3, -0.25) is 4.79 Å². The van der Waals surface area contributed by atoms with E-state index in [2.05, 4.69) is 20.8 Å². The predicted octanol–water partition coefficient (Wildman–Crippen LogP) is 3.89. The zero-order valence-corrected chi connectivity index (χ0v) is 13.7. The van der Waals surface area contributed by atoms with Crippen molar-refractivity contribution in [2.75, 3.05) is 10.6 Å². The zero-order chi connectivity index (χ0) is 17.8. The Labute approximate surface area is 144 Å². The number of ketones is 1. The number of carbonyl (C=O) groups is 2. The highest BCUT2D eigenvalue weighted by atomic mass is 16.5. The molecule has 0 unspecified atom stereocenters. The van der Waals surface area contributed by atoms with Crippen molar-refractivity contribution in [2.45, 2.75) is 13.8 Å². The van der Waals surface area contributed by atoms with Crippen LogP contribution in [0.2, 0.25) is 0 Å². The molecule has 2 N–H and O–H groups in total. The van der Waals surface area contributed by atoms with Gasteiger partial charge in [-0.05, 0) is 43.3 Å². The fraction of sp³-hybridized carbons (Fsp3) is 0.111. The number of benzene rings is 2. The number of aryl methyl sites for hydroxylation is 1. The normalized spacial score (nSPS) is 10.3. The summed E-state index contributed by atoms with van der Waals surface area (Å²) in [6, 6.07) is 13.4. The Morgan fingerprint density at radius 2 is 1.72 bits per heavy atom. The third-order valence-corrected chi connectivity index (χ3v) is 3.46. The van der Waals surface area contributed by atoms with E-state index in [0.29, 0.717) is 28.7 Å². The van der Waals surface area contributed by atoms with E-state index in [1.54, 1.807) is 55.5 Å². The summed E-state index contributed by atoms with van der Waals surface area (Å²) in [5.41, 5.74) is 2.49. The number of anilines is 2. The number of rotatable bonds is 4. The van der Waals surface area contributed by atoms with E-state index >= 15 is 0 Å². The van der Waals surface area contributed by atoms with Crippen LogP contribution in [0.1, 0.15) is 23.2 Å². The first-order chi connectivity index (χ1) is 12.0. The topological polar surface area (TPSA) is 97.1 Å². The summed E-state index contributed by atoms with van der Waals surface area (Å²) in [6.07, 6.45) is 0. The minimum Gasteiger partial charge on any atom is -0.339 e. The number of aromatic nitrogens is 2. The van der Waals surface area contributed by atoms with Gasteiger partial charge in [0.2, 0.25) is 11.7 Å². The smallest absolute Gasteiger partial charge is 0.323 e. The van der Waals surface area contributed by atoms with Crippen LogP contribution in [0.4, 0.5) is 16.2 Å². The Bertz CT molecular complexity index is 916. The highest BCUT2D eigenvalue weighted by Gasteiger charge is 2.08. The molecule has 0 saturated carbocycles. The van der Waals surface area contributed by atoms with Crippen molar-refractivity contribution in [1.29, 1.82) is 0 Å². The Morgan fingerprint density at radius 1 is 1.00 bits per heavy atom. The van der Waals surface area contributed by atoms with Gasteiger partial charge in [-0.15, -0.1) is 0 Å². The van der Waals surface area contributed by atoms with Crippen LogP contribution in [-0.4, -0.2) is 22.0 Å². The number of hydrogen-bond donors (Lipinski definition) is 2. The average molecular weight is 336 g/mol. The average Bonchev–Trinajstić information content (AvgIpc) is 3.02. The molecule has 1 heterocycles. The van der Waals surface area contributed by atoms with E-state index in [-0.39, 0.29) is 5.78 Å². The first-order valence-corrected chi connectivity index (χ1v) is 7.61. The maximum Gasteiger partial charge on any atom is 0.323 e. The molecule has 0 spiro atoms. The van der Waals surface area contributed by atoms with Gasteiger partial charge in [-0.25, -0.2) is 4.79 Å². The standard InChI is InChI=1S/C18H16N4O3/c1-11(23)14-4-3-5-16(10-14)21-18(24)20-15-8-6-13(7-9-15)17-19-12(2)25-22-17/h3-10H,1-2H3,(H2,20,21,24). The lowest BCUT2D eigenvalue weighted by molar-refractivity contribution is 0.101. The third-order valence-electron chi connectivity index (χ3n) is 3.46. The molecule has 1 aromatic heterocycles. The van der Waals surface area contributed by atoms with Crippen LogP contribution in [0, 0.1) is 6.92 Å². The largest absolute Gasteiger partial charge is 0.339 e. The highest BCUT2D eigenvalue weighted by Crippen LogP contribution is 2.19. The summed E-state index contributed by atoms with van der Waals surface area (Å²) in [5.74, 6) is 0.926. The van der Waals surface area contributed by atoms with Crippen LogP contribution in [0.3, 0.4) is 0 Å². The van der Waals surface area contributed by atoms with Gasteiger partial charge in [-0.1, -0.05) is 17.3 Å². The lowest BCUT2D eigenvalue weighted by Crippen LogP contribution is -2.19. The monoisotopic (exact) mass is 336 g/mol. The third kappa shape index (κ3) is 4.08. The van der Waals surface area contributed by atoms with Crippen molar-refractivity contribution < 1.29 is 14.1 Å². The summed E-state index contributed by atoms with van der Waals surface area (Å²) >= 11 is 0. The van der Waals surface area contributed by atoms with Crippen molar-refractivity contribution >= 4 is 23.2 Å². The first kappa shape index (κ1) is 16.4. The minimum atomic E-state index is -0.399. The van der Waals surface area contributed by atoms with Gasteiger partial charge >= 0.3 is 6.03 Å². The number of Topliss-reactive ketones (excluding diaryl/α,β-unsaturated/α-hetero) is 1. The number of hydrogen-bond acceptors (Lipinski definition) is 5. The molecule has 126 valence electrons. The fourth-order valence-electron chi connectivity index (χ4n) is 2.23. The number of nitrogens with one attached hydrogen (secondary N) is 2. The van der Waals surface area contributed by atoms with Crippen LogP contribution >= 0.6 is 0 Å². The van der Waals surface area contributed by atoms with Gasteiger partial charge in [0.1, 0.15) is 0 Å². The minimum absolute atomic E-state index is 0.0589. The first-order valence-electron chi connectivity index (χ1n) is 7.61. The van der Waals surface area contributed by atoms with Gasteiger partial charge in [0, 0.05) is 29.4 Å². The molecule has 3 aromatic rings. The van der Waals surface area contributed by atoms with Gasteiger partial charge in [-0.2, -0.15) is 4.98 Å². The molecule has 0 aliphatic heterocycles. The molecular weight excluding hydrogens is 320 g/mol. The lowest BCUT2D eigenvalue weighted by atomic mass is 10.1. The van der Waals surface area contributed by atoms with Crippen LogP contribution in [-0.2, 0) is 0 Å². The van der Waals surface area contributed by atoms with Crippen molar-refractivity contribution in [1.82, 2.24) is 10.1 Å². The summed E-state index contributed by atoms with van der Waals surface area (Å²) in [6.45, 7) is 3.20. The molecule has 0 atom stereocenters. The molecule has 7 heteroatoms. The van der Waals surface area contributed by atoms with E-state index in [1.165, 1.54) is 6.92 Å². The molecular formula is C18H16N4O3. The number of amides is 2. The van der Waals surface area contributed by atoms with E-state index in [1.807, 2.05) is 0 Å². The second kappa shape index (κ2) is 6.96. The molecule has 3 rings (SSSR count). The van der Waals surface area contributed by atoms with Crippen molar-refractivity contribution in [2.24, 2.45) is 0 Å². The maximum atomic E-state index is 12.1. The van der Waals surface area contributed by atoms with E-state index in [4.69, 9.17) is 4.52 Å². The summed E-state index contributed by atoms with van der Waals surface area (Å²) < 4.78 is 4.94. The Morgan fingerprint density at radius 3 is 2.36 bits per heavy atom. The Kier molecular flexibility index (Phi) is 4.56.